The highest BCUT2D eigenvalue weighted by atomic mass is 35.5. The van der Waals surface area contributed by atoms with Gasteiger partial charge in [-0.2, -0.15) is 13.2 Å². The Morgan fingerprint density at radius 3 is 1.40 bits per heavy atom. The summed E-state index contributed by atoms with van der Waals surface area (Å²) < 4.78 is 67.0. The first-order valence-corrected chi connectivity index (χ1v) is 13.3. The Hall–Kier alpha value is -2.49. The second kappa shape index (κ2) is 11.5. The van der Waals surface area contributed by atoms with Crippen LogP contribution in [0.4, 0.5) is 13.2 Å². The van der Waals surface area contributed by atoms with Gasteiger partial charge < -0.3 is 4.55 Å². The molecule has 0 atom stereocenters. The van der Waals surface area contributed by atoms with Crippen molar-refractivity contribution >= 4 is 44.2 Å². The maximum atomic E-state index is 12.0. The summed E-state index contributed by atoms with van der Waals surface area (Å²) in [4.78, 5) is 3.09. The molecule has 4 aromatic rings. The molecular formula is C25H17Cl2F3O3S2. The van der Waals surface area contributed by atoms with Crippen LogP contribution in [0.3, 0.4) is 0 Å². The fourth-order valence-electron chi connectivity index (χ4n) is 2.92. The monoisotopic (exact) mass is 556 g/mol. The molecule has 0 aliphatic rings. The lowest BCUT2D eigenvalue weighted by molar-refractivity contribution is -0.137. The van der Waals surface area contributed by atoms with E-state index < -0.39 is 26.8 Å². The molecule has 0 amide bonds. The molecule has 0 spiro atoms. The lowest BCUT2D eigenvalue weighted by Gasteiger charge is -2.09. The molecule has 0 N–H and O–H groups in total. The summed E-state index contributed by atoms with van der Waals surface area (Å²) in [6.07, 6.45) is -4.54. The van der Waals surface area contributed by atoms with E-state index in [1.807, 2.05) is 30.3 Å². The van der Waals surface area contributed by atoms with Crippen LogP contribution in [0.2, 0.25) is 10.0 Å². The Balaban J connectivity index is 0.000000214. The molecule has 0 aliphatic carbocycles. The van der Waals surface area contributed by atoms with Gasteiger partial charge >= 0.3 is 6.18 Å². The van der Waals surface area contributed by atoms with Crippen LogP contribution in [-0.2, 0) is 27.2 Å². The zero-order valence-electron chi connectivity index (χ0n) is 17.7. The highest BCUT2D eigenvalue weighted by Gasteiger charge is 2.30. The van der Waals surface area contributed by atoms with E-state index in [2.05, 4.69) is 48.5 Å². The van der Waals surface area contributed by atoms with Crippen molar-refractivity contribution in [3.05, 3.63) is 119 Å². The molecule has 0 saturated heterocycles. The third-order valence-corrected chi connectivity index (χ3v) is 8.13. The molecular weight excluding hydrogens is 540 g/mol. The molecule has 0 unspecified atom stereocenters. The maximum absolute atomic E-state index is 12.0. The van der Waals surface area contributed by atoms with Gasteiger partial charge in [-0.05, 0) is 84.9 Å². The maximum Gasteiger partial charge on any atom is 0.416 e. The smallest absolute Gasteiger partial charge is 0.416 e. The first-order valence-electron chi connectivity index (χ1n) is 9.89. The van der Waals surface area contributed by atoms with Gasteiger partial charge in [0.1, 0.15) is 10.1 Å². The van der Waals surface area contributed by atoms with E-state index in [0.29, 0.717) is 24.3 Å². The Morgan fingerprint density at radius 2 is 1.03 bits per heavy atom. The molecule has 0 bridgehead atoms. The van der Waals surface area contributed by atoms with Crippen LogP contribution in [0.5, 0.6) is 0 Å². The first kappa shape index (κ1) is 27.1. The summed E-state index contributed by atoms with van der Waals surface area (Å²) >= 11 is 12.0. The van der Waals surface area contributed by atoms with Crippen molar-refractivity contribution in [1.82, 2.24) is 0 Å². The molecule has 4 aromatic carbocycles. The van der Waals surface area contributed by atoms with Gasteiger partial charge in [0, 0.05) is 10.0 Å². The summed E-state index contributed by atoms with van der Waals surface area (Å²) in [6, 6.07) is 29.0. The predicted molar refractivity (Wildman–Crippen MR) is 131 cm³/mol. The number of benzene rings is 4. The molecule has 3 nitrogen and oxygen atoms in total. The van der Waals surface area contributed by atoms with Gasteiger partial charge in [0.05, 0.1) is 21.4 Å². The lowest BCUT2D eigenvalue weighted by atomic mass is 10.2. The van der Waals surface area contributed by atoms with E-state index in [0.717, 1.165) is 10.0 Å². The first-order chi connectivity index (χ1) is 16.4. The zero-order valence-corrected chi connectivity index (χ0v) is 20.9. The normalized spacial score (nSPS) is 11.6. The second-order valence-corrected chi connectivity index (χ2v) is 11.3. The van der Waals surface area contributed by atoms with Crippen molar-refractivity contribution < 1.29 is 26.1 Å². The molecule has 0 saturated carbocycles. The Kier molecular flexibility index (Phi) is 8.90. The van der Waals surface area contributed by atoms with E-state index in [9.17, 15) is 26.1 Å². The minimum Gasteiger partial charge on any atom is -0.744 e. The second-order valence-electron chi connectivity index (χ2n) is 7.00. The van der Waals surface area contributed by atoms with Gasteiger partial charge in [-0.3, -0.25) is 0 Å². The van der Waals surface area contributed by atoms with Crippen molar-refractivity contribution in [2.75, 3.05) is 0 Å². The average molecular weight is 557 g/mol. The topological polar surface area (TPSA) is 57.2 Å². The molecule has 0 aliphatic heterocycles. The van der Waals surface area contributed by atoms with E-state index in [1.54, 1.807) is 0 Å². The van der Waals surface area contributed by atoms with Crippen molar-refractivity contribution in [3.8, 4) is 0 Å². The van der Waals surface area contributed by atoms with Crippen LogP contribution in [-0.4, -0.2) is 13.0 Å². The van der Waals surface area contributed by atoms with Crippen LogP contribution < -0.4 is 0 Å². The van der Waals surface area contributed by atoms with E-state index in [-0.39, 0.29) is 10.9 Å². The van der Waals surface area contributed by atoms with Gasteiger partial charge in [-0.15, -0.1) is 0 Å². The summed E-state index contributed by atoms with van der Waals surface area (Å²) in [6.45, 7) is 0. The summed E-state index contributed by atoms with van der Waals surface area (Å²) in [5.74, 6) is 0. The molecule has 4 rings (SSSR count). The fourth-order valence-corrected chi connectivity index (χ4v) is 5.70. The predicted octanol–water partition coefficient (Wildman–Crippen LogP) is 7.70. The van der Waals surface area contributed by atoms with Crippen LogP contribution >= 0.6 is 23.2 Å². The Morgan fingerprint density at radius 1 is 0.629 bits per heavy atom. The van der Waals surface area contributed by atoms with Crippen molar-refractivity contribution in [2.45, 2.75) is 25.8 Å². The zero-order chi connectivity index (χ0) is 25.6. The lowest BCUT2D eigenvalue weighted by Crippen LogP contribution is -2.05. The number of halogens is 5. The van der Waals surface area contributed by atoms with E-state index >= 15 is 0 Å². The third-order valence-electron chi connectivity index (χ3n) is 4.55. The van der Waals surface area contributed by atoms with Crippen molar-refractivity contribution in [2.24, 2.45) is 0 Å². The van der Waals surface area contributed by atoms with Gasteiger partial charge in [-0.25, -0.2) is 8.42 Å². The quantitative estimate of drug-likeness (QED) is 0.191. The molecule has 0 radical (unpaired) electrons. The van der Waals surface area contributed by atoms with Gasteiger partial charge in [0.15, 0.2) is 14.7 Å². The summed E-state index contributed by atoms with van der Waals surface area (Å²) in [5, 5.41) is 1.51. The van der Waals surface area contributed by atoms with Crippen LogP contribution in [0, 0.1) is 0 Å². The van der Waals surface area contributed by atoms with Crippen LogP contribution in [0.1, 0.15) is 5.56 Å². The fraction of sp³-hybridized carbons (Fsp3) is 0.0400. The molecule has 0 aromatic heterocycles. The third kappa shape index (κ3) is 7.75. The van der Waals surface area contributed by atoms with Gasteiger partial charge in [0.25, 0.3) is 0 Å². The number of hydrogen-bond acceptors (Lipinski definition) is 3. The Bertz CT molecular complexity index is 1300. The number of hydrogen-bond donors (Lipinski definition) is 0. The molecule has 10 heteroatoms. The van der Waals surface area contributed by atoms with Crippen molar-refractivity contribution in [1.29, 1.82) is 0 Å². The van der Waals surface area contributed by atoms with Crippen LogP contribution in [0.15, 0.2) is 123 Å². The molecule has 0 heterocycles. The number of alkyl halides is 3. The Labute approximate surface area is 214 Å². The molecule has 182 valence electrons. The standard InChI is InChI=1S/C18H13Cl2S.C7H5F3O3S/c19-14-6-10-17(11-7-14)21(16-4-2-1-3-5-16)18-12-8-15(20)9-13-18;8-7(9,10)5-1-3-6(4-2-5)14(11,12)13/h1-13H;1-4H,(H,11,12,13)/q+1;/p-1. The van der Waals surface area contributed by atoms with Crippen LogP contribution in [0.25, 0.3) is 0 Å². The number of rotatable bonds is 4. The molecule has 35 heavy (non-hydrogen) atoms. The average Bonchev–Trinajstić information content (AvgIpc) is 2.82. The minimum absolute atomic E-state index is 0.148. The van der Waals surface area contributed by atoms with E-state index in [4.69, 9.17) is 23.2 Å². The summed E-state index contributed by atoms with van der Waals surface area (Å²) in [7, 11) is -4.83. The van der Waals surface area contributed by atoms with Crippen molar-refractivity contribution in [3.63, 3.8) is 0 Å². The largest absolute Gasteiger partial charge is 0.744 e. The highest BCUT2D eigenvalue weighted by molar-refractivity contribution is 7.97. The van der Waals surface area contributed by atoms with Gasteiger partial charge in [0.2, 0.25) is 0 Å². The van der Waals surface area contributed by atoms with E-state index in [1.165, 1.54) is 14.7 Å². The van der Waals surface area contributed by atoms with Gasteiger partial charge in [-0.1, -0.05) is 41.4 Å². The molecule has 0 fully saturated rings. The minimum atomic E-state index is -4.68. The highest BCUT2D eigenvalue weighted by Crippen LogP contribution is 2.32. The summed E-state index contributed by atoms with van der Waals surface area (Å²) in [5.41, 5.74) is -0.995. The SMILES string of the molecule is Clc1ccc([S+](c2ccccc2)c2ccc(Cl)cc2)cc1.O=S(=O)([O-])c1ccc(C(F)(F)F)cc1.